The highest BCUT2D eigenvalue weighted by molar-refractivity contribution is 7.99. The Morgan fingerprint density at radius 2 is 1.95 bits per heavy atom. The molecule has 2 nitrogen and oxygen atoms in total. The van der Waals surface area contributed by atoms with E-state index in [0.29, 0.717) is 17.7 Å². The molecular formula is C19H27NOS. The lowest BCUT2D eigenvalue weighted by Gasteiger charge is -2.34. The fraction of sp³-hybridized carbons (Fsp3) is 0.632. The van der Waals surface area contributed by atoms with Gasteiger partial charge in [-0.1, -0.05) is 37.3 Å². The Morgan fingerprint density at radius 1 is 1.27 bits per heavy atom. The SMILES string of the molecule is CSC(C)C1CCN(C(=O)CC2CC2c2ccccc2)CC1. The number of amides is 1. The van der Waals surface area contributed by atoms with Crippen molar-refractivity contribution in [2.75, 3.05) is 19.3 Å². The summed E-state index contributed by atoms with van der Waals surface area (Å²) in [6.45, 7) is 4.26. The van der Waals surface area contributed by atoms with E-state index >= 15 is 0 Å². The molecule has 0 radical (unpaired) electrons. The lowest BCUT2D eigenvalue weighted by Crippen LogP contribution is -2.40. The van der Waals surface area contributed by atoms with Crippen LogP contribution in [0.25, 0.3) is 0 Å². The molecule has 3 heteroatoms. The van der Waals surface area contributed by atoms with Crippen molar-refractivity contribution in [2.45, 2.75) is 43.8 Å². The van der Waals surface area contributed by atoms with E-state index in [9.17, 15) is 4.79 Å². The van der Waals surface area contributed by atoms with Crippen LogP contribution in [-0.2, 0) is 4.79 Å². The second-order valence-electron chi connectivity index (χ2n) is 6.88. The van der Waals surface area contributed by atoms with E-state index in [1.807, 2.05) is 11.8 Å². The van der Waals surface area contributed by atoms with Crippen molar-refractivity contribution in [3.8, 4) is 0 Å². The molecule has 0 aromatic heterocycles. The van der Waals surface area contributed by atoms with Crippen molar-refractivity contribution in [1.82, 2.24) is 4.90 Å². The number of carbonyl (C=O) groups excluding carboxylic acids is 1. The molecule has 2 fully saturated rings. The maximum atomic E-state index is 12.5. The maximum absolute atomic E-state index is 12.5. The highest BCUT2D eigenvalue weighted by Gasteiger charge is 2.40. The molecule has 1 aromatic carbocycles. The van der Waals surface area contributed by atoms with Crippen molar-refractivity contribution >= 4 is 17.7 Å². The van der Waals surface area contributed by atoms with Crippen LogP contribution in [0.4, 0.5) is 0 Å². The Morgan fingerprint density at radius 3 is 2.59 bits per heavy atom. The summed E-state index contributed by atoms with van der Waals surface area (Å²) in [5.74, 6) is 2.38. The highest BCUT2D eigenvalue weighted by atomic mass is 32.2. The predicted molar refractivity (Wildman–Crippen MR) is 94.2 cm³/mol. The fourth-order valence-electron chi connectivity index (χ4n) is 3.75. The van der Waals surface area contributed by atoms with Gasteiger partial charge in [-0.05, 0) is 48.8 Å². The molecular weight excluding hydrogens is 290 g/mol. The first-order chi connectivity index (χ1) is 10.7. The van der Waals surface area contributed by atoms with Crippen molar-refractivity contribution in [1.29, 1.82) is 0 Å². The number of likely N-dealkylation sites (tertiary alicyclic amines) is 1. The van der Waals surface area contributed by atoms with Crippen LogP contribution in [0.2, 0.25) is 0 Å². The number of benzene rings is 1. The van der Waals surface area contributed by atoms with Gasteiger partial charge in [-0.2, -0.15) is 11.8 Å². The van der Waals surface area contributed by atoms with Gasteiger partial charge < -0.3 is 4.90 Å². The van der Waals surface area contributed by atoms with Crippen molar-refractivity contribution in [3.63, 3.8) is 0 Å². The first-order valence-corrected chi connectivity index (χ1v) is 9.83. The molecule has 0 spiro atoms. The predicted octanol–water partition coefficient (Wildman–Crippen LogP) is 4.17. The first-order valence-electron chi connectivity index (χ1n) is 8.54. The fourth-order valence-corrected chi connectivity index (χ4v) is 4.40. The summed E-state index contributed by atoms with van der Waals surface area (Å²) in [6.07, 6.45) is 6.50. The minimum Gasteiger partial charge on any atom is -0.343 e. The summed E-state index contributed by atoms with van der Waals surface area (Å²) >= 11 is 1.96. The Bertz CT molecular complexity index is 495. The molecule has 3 rings (SSSR count). The van der Waals surface area contributed by atoms with Gasteiger partial charge in [0.1, 0.15) is 0 Å². The van der Waals surface area contributed by atoms with Crippen LogP contribution in [0.5, 0.6) is 0 Å². The van der Waals surface area contributed by atoms with E-state index in [1.165, 1.54) is 24.8 Å². The van der Waals surface area contributed by atoms with Gasteiger partial charge in [-0.3, -0.25) is 4.79 Å². The molecule has 1 aromatic rings. The molecule has 0 N–H and O–H groups in total. The quantitative estimate of drug-likeness (QED) is 0.812. The van der Waals surface area contributed by atoms with Gasteiger partial charge >= 0.3 is 0 Å². The van der Waals surface area contributed by atoms with Crippen LogP contribution < -0.4 is 0 Å². The lowest BCUT2D eigenvalue weighted by molar-refractivity contribution is -0.133. The van der Waals surface area contributed by atoms with Crippen LogP contribution >= 0.6 is 11.8 Å². The van der Waals surface area contributed by atoms with Crippen LogP contribution in [0.1, 0.15) is 44.1 Å². The van der Waals surface area contributed by atoms with Crippen LogP contribution in [0, 0.1) is 11.8 Å². The van der Waals surface area contributed by atoms with Gasteiger partial charge in [0.2, 0.25) is 5.91 Å². The summed E-state index contributed by atoms with van der Waals surface area (Å²) in [6, 6.07) is 10.7. The van der Waals surface area contributed by atoms with E-state index in [4.69, 9.17) is 0 Å². The van der Waals surface area contributed by atoms with Crippen molar-refractivity contribution in [3.05, 3.63) is 35.9 Å². The standard InChI is InChI=1S/C19H27NOS/c1-14(22-2)15-8-10-20(11-9-15)19(21)13-17-12-18(17)16-6-4-3-5-7-16/h3-7,14-15,17-18H,8-13H2,1-2H3. The summed E-state index contributed by atoms with van der Waals surface area (Å²) in [7, 11) is 0. The summed E-state index contributed by atoms with van der Waals surface area (Å²) < 4.78 is 0. The monoisotopic (exact) mass is 317 g/mol. The minimum atomic E-state index is 0.388. The van der Waals surface area contributed by atoms with Gasteiger partial charge in [-0.15, -0.1) is 0 Å². The van der Waals surface area contributed by atoms with E-state index in [-0.39, 0.29) is 0 Å². The second-order valence-corrected chi connectivity index (χ2v) is 8.09. The Labute approximate surface area is 138 Å². The second kappa shape index (κ2) is 7.08. The highest BCUT2D eigenvalue weighted by Crippen LogP contribution is 2.49. The number of rotatable bonds is 5. The van der Waals surface area contributed by atoms with Gasteiger partial charge in [0, 0.05) is 24.8 Å². The maximum Gasteiger partial charge on any atom is 0.222 e. The molecule has 0 bridgehead atoms. The van der Waals surface area contributed by atoms with E-state index in [0.717, 1.165) is 30.7 Å². The van der Waals surface area contributed by atoms with Crippen molar-refractivity contribution in [2.24, 2.45) is 11.8 Å². The lowest BCUT2D eigenvalue weighted by atomic mass is 9.93. The molecule has 1 amide bonds. The zero-order valence-corrected chi connectivity index (χ0v) is 14.5. The third-order valence-corrected chi connectivity index (χ3v) is 6.64. The molecule has 22 heavy (non-hydrogen) atoms. The third kappa shape index (κ3) is 3.68. The first kappa shape index (κ1) is 15.9. The Balaban J connectivity index is 1.44. The zero-order valence-electron chi connectivity index (χ0n) is 13.7. The number of carbonyl (C=O) groups is 1. The van der Waals surface area contributed by atoms with Crippen LogP contribution in [0.15, 0.2) is 30.3 Å². The van der Waals surface area contributed by atoms with Gasteiger partial charge in [0.25, 0.3) is 0 Å². The number of hydrogen-bond donors (Lipinski definition) is 0. The van der Waals surface area contributed by atoms with E-state index in [2.05, 4.69) is 48.4 Å². The Kier molecular flexibility index (Phi) is 5.12. The van der Waals surface area contributed by atoms with E-state index in [1.54, 1.807) is 0 Å². The average Bonchev–Trinajstić information content (AvgIpc) is 3.34. The van der Waals surface area contributed by atoms with Crippen molar-refractivity contribution < 1.29 is 4.79 Å². The average molecular weight is 317 g/mol. The van der Waals surface area contributed by atoms with Crippen LogP contribution in [-0.4, -0.2) is 35.4 Å². The van der Waals surface area contributed by atoms with Gasteiger partial charge in [0.15, 0.2) is 0 Å². The molecule has 3 unspecified atom stereocenters. The summed E-state index contributed by atoms with van der Waals surface area (Å²) in [5.41, 5.74) is 1.41. The molecule has 2 aliphatic rings. The molecule has 3 atom stereocenters. The minimum absolute atomic E-state index is 0.388. The number of piperidine rings is 1. The number of hydrogen-bond acceptors (Lipinski definition) is 2. The number of thioether (sulfide) groups is 1. The topological polar surface area (TPSA) is 20.3 Å². The number of nitrogens with zero attached hydrogens (tertiary/aromatic N) is 1. The van der Waals surface area contributed by atoms with Crippen LogP contribution in [0.3, 0.4) is 0 Å². The molecule has 120 valence electrons. The molecule has 1 saturated heterocycles. The molecule has 1 heterocycles. The summed E-state index contributed by atoms with van der Waals surface area (Å²) in [5, 5.41) is 0.725. The largest absolute Gasteiger partial charge is 0.343 e. The zero-order chi connectivity index (χ0) is 15.5. The van der Waals surface area contributed by atoms with E-state index < -0.39 is 0 Å². The molecule has 1 aliphatic carbocycles. The van der Waals surface area contributed by atoms with Gasteiger partial charge in [0.05, 0.1) is 0 Å². The molecule has 1 saturated carbocycles. The summed E-state index contributed by atoms with van der Waals surface area (Å²) in [4.78, 5) is 14.6. The molecule has 1 aliphatic heterocycles. The third-order valence-electron chi connectivity index (χ3n) is 5.52. The van der Waals surface area contributed by atoms with Gasteiger partial charge in [-0.25, -0.2) is 0 Å². The Hall–Kier alpha value is -0.960. The normalized spacial score (nSPS) is 26.7. The smallest absolute Gasteiger partial charge is 0.222 e.